The van der Waals surface area contributed by atoms with Gasteiger partial charge in [0.1, 0.15) is 11.4 Å². The van der Waals surface area contributed by atoms with Crippen molar-refractivity contribution in [2.75, 3.05) is 28.7 Å². The number of nitrogen functional groups attached to an aromatic ring is 1. The number of carbonyl (C=O) groups excluding carboxylic acids is 2. The van der Waals surface area contributed by atoms with Crippen molar-refractivity contribution in [1.29, 1.82) is 0 Å². The van der Waals surface area contributed by atoms with Gasteiger partial charge in [-0.1, -0.05) is 30.0 Å². The Morgan fingerprint density at radius 1 is 1.10 bits per heavy atom. The second kappa shape index (κ2) is 10.3. The number of nitrogens with zero attached hydrogens (tertiary/aromatic N) is 1. The molecular formula is C21H21N5O4S. The molecule has 0 atom stereocenters. The summed E-state index contributed by atoms with van der Waals surface area (Å²) in [5, 5.41) is 5.38. The molecule has 0 aliphatic heterocycles. The molecule has 0 bridgehead atoms. The number of ether oxygens (including phenoxy) is 1. The Kier molecular flexibility index (Phi) is 7.28. The van der Waals surface area contributed by atoms with Crippen LogP contribution in [0.4, 0.5) is 17.2 Å². The van der Waals surface area contributed by atoms with Crippen molar-refractivity contribution in [2.24, 2.45) is 0 Å². The van der Waals surface area contributed by atoms with Crippen LogP contribution in [0.1, 0.15) is 17.3 Å². The topological polar surface area (TPSA) is 139 Å². The van der Waals surface area contributed by atoms with Gasteiger partial charge in [-0.3, -0.25) is 19.4 Å². The first-order chi connectivity index (χ1) is 15.0. The fourth-order valence-electron chi connectivity index (χ4n) is 2.57. The lowest BCUT2D eigenvalue weighted by atomic mass is 10.2. The van der Waals surface area contributed by atoms with Crippen LogP contribution in [0.3, 0.4) is 0 Å². The molecule has 0 saturated carbocycles. The van der Waals surface area contributed by atoms with Crippen LogP contribution in [0.2, 0.25) is 0 Å². The lowest BCUT2D eigenvalue weighted by Gasteiger charge is -2.09. The number of carbonyl (C=O) groups is 2. The van der Waals surface area contributed by atoms with Gasteiger partial charge in [0.05, 0.1) is 12.4 Å². The molecule has 0 fully saturated rings. The maximum absolute atomic E-state index is 12.3. The van der Waals surface area contributed by atoms with Crippen molar-refractivity contribution >= 4 is 40.8 Å². The highest BCUT2D eigenvalue weighted by atomic mass is 32.2. The summed E-state index contributed by atoms with van der Waals surface area (Å²) in [6, 6.07) is 15.4. The van der Waals surface area contributed by atoms with E-state index in [1.807, 2.05) is 6.92 Å². The Labute approximate surface area is 182 Å². The standard InChI is InChI=1S/C21H21N5O4S/c1-2-30-15-10-8-14(9-11-15)23-16(27)12-31-21-25-18(22)17(20(29)26-21)24-19(28)13-6-4-3-5-7-13/h3-11H,2,12H2,1H3,(H,23,27)(H,24,28)(H3,22,25,26,29). The summed E-state index contributed by atoms with van der Waals surface area (Å²) in [4.78, 5) is 43.3. The molecule has 0 aliphatic carbocycles. The van der Waals surface area contributed by atoms with Gasteiger partial charge in [0.15, 0.2) is 11.0 Å². The number of H-pyrrole nitrogens is 1. The first-order valence-corrected chi connectivity index (χ1v) is 10.4. The molecule has 9 nitrogen and oxygen atoms in total. The molecule has 3 aromatic rings. The highest BCUT2D eigenvalue weighted by Crippen LogP contribution is 2.19. The minimum absolute atomic E-state index is 0.00527. The van der Waals surface area contributed by atoms with Crippen LogP contribution in [-0.4, -0.2) is 34.1 Å². The fraction of sp³-hybridized carbons (Fsp3) is 0.143. The second-order valence-corrected chi connectivity index (χ2v) is 7.21. The summed E-state index contributed by atoms with van der Waals surface area (Å²) >= 11 is 1.02. The number of nitrogens with one attached hydrogen (secondary N) is 3. The normalized spacial score (nSPS) is 10.4. The number of nitrogens with two attached hydrogens (primary N) is 1. The zero-order chi connectivity index (χ0) is 22.2. The van der Waals surface area contributed by atoms with Gasteiger partial charge >= 0.3 is 0 Å². The van der Waals surface area contributed by atoms with Crippen molar-refractivity contribution in [3.63, 3.8) is 0 Å². The maximum Gasteiger partial charge on any atom is 0.277 e. The van der Waals surface area contributed by atoms with Gasteiger partial charge in [0, 0.05) is 11.3 Å². The number of hydrogen-bond donors (Lipinski definition) is 4. The molecule has 10 heteroatoms. The summed E-state index contributed by atoms with van der Waals surface area (Å²) < 4.78 is 5.36. The third-order valence-corrected chi connectivity index (χ3v) is 4.86. The predicted molar refractivity (Wildman–Crippen MR) is 121 cm³/mol. The number of aromatic amines is 1. The van der Waals surface area contributed by atoms with E-state index in [0.717, 1.165) is 11.8 Å². The average molecular weight is 439 g/mol. The van der Waals surface area contributed by atoms with E-state index in [-0.39, 0.29) is 28.3 Å². The summed E-state index contributed by atoms with van der Waals surface area (Å²) in [5.41, 5.74) is 6.10. The molecule has 160 valence electrons. The number of rotatable bonds is 8. The third kappa shape index (κ3) is 6.09. The van der Waals surface area contributed by atoms with E-state index < -0.39 is 11.5 Å². The van der Waals surface area contributed by atoms with Gasteiger partial charge in [-0.15, -0.1) is 0 Å². The van der Waals surface area contributed by atoms with Gasteiger partial charge in [-0.05, 0) is 43.3 Å². The lowest BCUT2D eigenvalue weighted by Crippen LogP contribution is -2.23. The monoisotopic (exact) mass is 439 g/mol. The van der Waals surface area contributed by atoms with Gasteiger partial charge in [-0.25, -0.2) is 4.98 Å². The number of benzene rings is 2. The minimum atomic E-state index is -0.605. The average Bonchev–Trinajstić information content (AvgIpc) is 2.77. The van der Waals surface area contributed by atoms with Crippen LogP contribution in [0.5, 0.6) is 5.75 Å². The van der Waals surface area contributed by atoms with Gasteiger partial charge in [-0.2, -0.15) is 0 Å². The number of hydrogen-bond acceptors (Lipinski definition) is 7. The second-order valence-electron chi connectivity index (χ2n) is 6.25. The number of thioether (sulfide) groups is 1. The SMILES string of the molecule is CCOc1ccc(NC(=O)CSc2nc(N)c(NC(=O)c3ccccc3)c(=O)[nH]2)cc1. The van der Waals surface area contributed by atoms with E-state index in [9.17, 15) is 14.4 Å². The van der Waals surface area contributed by atoms with E-state index >= 15 is 0 Å². The van der Waals surface area contributed by atoms with E-state index in [1.165, 1.54) is 0 Å². The van der Waals surface area contributed by atoms with Gasteiger partial charge < -0.3 is 21.1 Å². The summed E-state index contributed by atoms with van der Waals surface area (Å²) in [5.74, 6) is -0.175. The Morgan fingerprint density at radius 3 is 2.45 bits per heavy atom. The van der Waals surface area contributed by atoms with Crippen molar-refractivity contribution in [2.45, 2.75) is 12.1 Å². The molecule has 31 heavy (non-hydrogen) atoms. The fourth-order valence-corrected chi connectivity index (χ4v) is 3.23. The van der Waals surface area contributed by atoms with Crippen LogP contribution in [0, 0.1) is 0 Å². The summed E-state index contributed by atoms with van der Waals surface area (Å²) in [6.45, 7) is 2.45. The lowest BCUT2D eigenvalue weighted by molar-refractivity contribution is -0.113. The van der Waals surface area contributed by atoms with Gasteiger partial charge in [0.25, 0.3) is 11.5 Å². The van der Waals surface area contributed by atoms with E-state index in [0.29, 0.717) is 23.6 Å². The molecule has 1 heterocycles. The minimum Gasteiger partial charge on any atom is -0.494 e. The highest BCUT2D eigenvalue weighted by molar-refractivity contribution is 7.99. The molecule has 2 amide bonds. The number of aromatic nitrogens is 2. The molecule has 3 rings (SSSR count). The summed E-state index contributed by atoms with van der Waals surface area (Å²) in [7, 11) is 0. The maximum atomic E-state index is 12.3. The largest absolute Gasteiger partial charge is 0.494 e. The predicted octanol–water partition coefficient (Wildman–Crippen LogP) is 2.73. The van der Waals surface area contributed by atoms with Crippen LogP contribution in [-0.2, 0) is 4.79 Å². The Morgan fingerprint density at radius 2 is 1.81 bits per heavy atom. The van der Waals surface area contributed by atoms with Crippen LogP contribution >= 0.6 is 11.8 Å². The molecule has 1 aromatic heterocycles. The molecule has 0 saturated heterocycles. The molecule has 0 aliphatic rings. The quantitative estimate of drug-likeness (QED) is 0.313. The van der Waals surface area contributed by atoms with Crippen molar-refractivity contribution in [3.05, 3.63) is 70.5 Å². The Balaban J connectivity index is 1.59. The van der Waals surface area contributed by atoms with Crippen molar-refractivity contribution < 1.29 is 14.3 Å². The molecule has 0 unspecified atom stereocenters. The molecular weight excluding hydrogens is 418 g/mol. The number of amides is 2. The molecule has 0 spiro atoms. The van der Waals surface area contributed by atoms with E-state index in [1.54, 1.807) is 54.6 Å². The van der Waals surface area contributed by atoms with E-state index in [4.69, 9.17) is 10.5 Å². The zero-order valence-corrected chi connectivity index (χ0v) is 17.5. The third-order valence-electron chi connectivity index (χ3n) is 3.99. The van der Waals surface area contributed by atoms with Crippen LogP contribution < -0.4 is 26.7 Å². The highest BCUT2D eigenvalue weighted by Gasteiger charge is 2.14. The van der Waals surface area contributed by atoms with Crippen molar-refractivity contribution in [3.8, 4) is 5.75 Å². The first-order valence-electron chi connectivity index (χ1n) is 9.38. The van der Waals surface area contributed by atoms with Gasteiger partial charge in [0.2, 0.25) is 5.91 Å². The zero-order valence-electron chi connectivity index (χ0n) is 16.7. The van der Waals surface area contributed by atoms with Crippen molar-refractivity contribution in [1.82, 2.24) is 9.97 Å². The molecule has 0 radical (unpaired) electrons. The molecule has 2 aromatic carbocycles. The molecule has 5 N–H and O–H groups in total. The van der Waals surface area contributed by atoms with Crippen LogP contribution in [0.15, 0.2) is 64.5 Å². The Bertz CT molecular complexity index is 1120. The number of anilines is 3. The first kappa shape index (κ1) is 21.9. The summed E-state index contributed by atoms with van der Waals surface area (Å²) in [6.07, 6.45) is 0. The van der Waals surface area contributed by atoms with E-state index in [2.05, 4.69) is 20.6 Å². The van der Waals surface area contributed by atoms with Crippen LogP contribution in [0.25, 0.3) is 0 Å². The smallest absolute Gasteiger partial charge is 0.277 e. The Hall–Kier alpha value is -3.79.